The number of carbonyl (C=O) groups is 2. The number of rotatable bonds is 4. The molecule has 2 aromatic carbocycles. The summed E-state index contributed by atoms with van der Waals surface area (Å²) in [6, 6.07) is 12.6. The Labute approximate surface area is 176 Å². The van der Waals surface area contributed by atoms with Gasteiger partial charge in [-0.3, -0.25) is 9.59 Å². The van der Waals surface area contributed by atoms with Crippen molar-refractivity contribution in [2.75, 3.05) is 0 Å². The fourth-order valence-corrected chi connectivity index (χ4v) is 4.89. The zero-order valence-electron chi connectivity index (χ0n) is 16.1. The molecule has 2 aromatic rings. The van der Waals surface area contributed by atoms with E-state index in [0.29, 0.717) is 28.5 Å². The molecule has 0 radical (unpaired) electrons. The molecule has 0 spiro atoms. The van der Waals surface area contributed by atoms with Crippen LogP contribution in [0.1, 0.15) is 58.4 Å². The fourth-order valence-electron chi connectivity index (χ4n) is 4.89. The van der Waals surface area contributed by atoms with Gasteiger partial charge in [0.05, 0.1) is 5.56 Å². The van der Waals surface area contributed by atoms with Gasteiger partial charge >= 0.3 is 0 Å². The predicted molar refractivity (Wildman–Crippen MR) is 113 cm³/mol. The van der Waals surface area contributed by atoms with E-state index in [2.05, 4.69) is 5.32 Å². The summed E-state index contributed by atoms with van der Waals surface area (Å²) in [7, 11) is 0. The normalized spacial score (nSPS) is 25.6. The molecule has 0 aromatic heterocycles. The van der Waals surface area contributed by atoms with Crippen LogP contribution in [-0.2, 0) is 0 Å². The van der Waals surface area contributed by atoms with Gasteiger partial charge < -0.3 is 11.1 Å². The van der Waals surface area contributed by atoms with Gasteiger partial charge in [-0.1, -0.05) is 24.6 Å². The first-order valence-electron chi connectivity index (χ1n) is 9.98. The average Bonchev–Trinajstić information content (AvgIpc) is 2.68. The van der Waals surface area contributed by atoms with Crippen molar-refractivity contribution >= 4 is 24.1 Å². The molecule has 0 saturated heterocycles. The first-order valence-corrected chi connectivity index (χ1v) is 9.98. The Bertz CT molecular complexity index is 873. The molecule has 3 N–H and O–H groups in total. The second-order valence-electron chi connectivity index (χ2n) is 8.06. The molecule has 4 nitrogen and oxygen atoms in total. The molecule has 154 valence electrons. The number of hydrogen-bond donors (Lipinski definition) is 2. The lowest BCUT2D eigenvalue weighted by atomic mass is 9.67. The summed E-state index contributed by atoms with van der Waals surface area (Å²) in [5.74, 6) is -0.0810. The van der Waals surface area contributed by atoms with Crippen molar-refractivity contribution in [1.29, 1.82) is 0 Å². The van der Waals surface area contributed by atoms with Gasteiger partial charge in [-0.15, -0.1) is 12.4 Å². The van der Waals surface area contributed by atoms with Crippen molar-refractivity contribution in [2.24, 2.45) is 17.6 Å². The van der Waals surface area contributed by atoms with Crippen molar-refractivity contribution in [3.8, 4) is 0 Å². The lowest BCUT2D eigenvalue weighted by Gasteiger charge is -2.45. The van der Waals surface area contributed by atoms with Crippen LogP contribution in [0.2, 0.25) is 0 Å². The number of hydrogen-bond acceptors (Lipinski definition) is 3. The quantitative estimate of drug-likeness (QED) is 0.736. The molecule has 29 heavy (non-hydrogen) atoms. The molecule has 0 heterocycles. The van der Waals surface area contributed by atoms with Crippen molar-refractivity contribution < 1.29 is 14.0 Å². The van der Waals surface area contributed by atoms with Gasteiger partial charge in [0, 0.05) is 23.2 Å². The summed E-state index contributed by atoms with van der Waals surface area (Å²) in [5, 5.41) is 3.21. The number of ketones is 1. The molecule has 2 saturated carbocycles. The van der Waals surface area contributed by atoms with Crippen LogP contribution in [0.15, 0.2) is 48.5 Å². The molecular formula is C23H26ClFN2O2. The van der Waals surface area contributed by atoms with Gasteiger partial charge in [-0.25, -0.2) is 4.39 Å². The Morgan fingerprint density at radius 3 is 2.14 bits per heavy atom. The van der Waals surface area contributed by atoms with Crippen LogP contribution in [-0.4, -0.2) is 23.8 Å². The monoisotopic (exact) mass is 416 g/mol. The fraction of sp³-hybridized carbons (Fsp3) is 0.391. The van der Waals surface area contributed by atoms with Crippen molar-refractivity contribution in [2.45, 2.75) is 44.2 Å². The highest BCUT2D eigenvalue weighted by molar-refractivity contribution is 6.15. The summed E-state index contributed by atoms with van der Waals surface area (Å²) in [5.41, 5.74) is 7.25. The molecule has 2 aliphatic rings. The Kier molecular flexibility index (Phi) is 6.70. The van der Waals surface area contributed by atoms with Gasteiger partial charge in [-0.05, 0) is 67.9 Å². The second-order valence-corrected chi connectivity index (χ2v) is 8.06. The summed E-state index contributed by atoms with van der Waals surface area (Å²) >= 11 is 0. The van der Waals surface area contributed by atoms with Gasteiger partial charge in [0.1, 0.15) is 5.82 Å². The van der Waals surface area contributed by atoms with Crippen LogP contribution < -0.4 is 11.1 Å². The van der Waals surface area contributed by atoms with E-state index in [0.717, 1.165) is 25.7 Å². The van der Waals surface area contributed by atoms with Gasteiger partial charge in [0.25, 0.3) is 5.91 Å². The SMILES string of the molecule is Cl.NC1CC2CCCC(C1)C2NC(=O)c1ccccc1C(=O)c1ccc(F)cc1. The summed E-state index contributed by atoms with van der Waals surface area (Å²) in [6.07, 6.45) is 5.25. The van der Waals surface area contributed by atoms with Crippen LogP contribution in [0.4, 0.5) is 4.39 Å². The van der Waals surface area contributed by atoms with Crippen LogP contribution in [0.25, 0.3) is 0 Å². The topological polar surface area (TPSA) is 72.2 Å². The van der Waals surface area contributed by atoms with Gasteiger partial charge in [0.15, 0.2) is 5.78 Å². The third-order valence-electron chi connectivity index (χ3n) is 6.20. The maximum Gasteiger partial charge on any atom is 0.252 e. The third-order valence-corrected chi connectivity index (χ3v) is 6.20. The lowest BCUT2D eigenvalue weighted by Crippen LogP contribution is -2.53. The third kappa shape index (κ3) is 4.51. The molecule has 2 aliphatic carbocycles. The Balaban J connectivity index is 0.00000240. The smallest absolute Gasteiger partial charge is 0.252 e. The molecule has 2 fully saturated rings. The minimum absolute atomic E-state index is 0. The molecule has 4 rings (SSSR count). The zero-order valence-corrected chi connectivity index (χ0v) is 17.0. The minimum atomic E-state index is -0.398. The van der Waals surface area contributed by atoms with E-state index < -0.39 is 5.82 Å². The molecule has 2 bridgehead atoms. The average molecular weight is 417 g/mol. The summed E-state index contributed by atoms with van der Waals surface area (Å²) < 4.78 is 13.2. The zero-order chi connectivity index (χ0) is 19.7. The standard InChI is InChI=1S/C23H25FN2O2.ClH/c24-17-10-8-14(9-11-17)22(27)19-6-1-2-7-20(19)23(28)26-21-15-4-3-5-16(21)13-18(25)12-15;/h1-2,6-11,15-16,18,21H,3-5,12-13,25H2,(H,26,28);1H. The van der Waals surface area contributed by atoms with E-state index in [4.69, 9.17) is 5.73 Å². The van der Waals surface area contributed by atoms with Gasteiger partial charge in [-0.2, -0.15) is 0 Å². The van der Waals surface area contributed by atoms with E-state index in [1.54, 1.807) is 24.3 Å². The molecule has 6 heteroatoms. The molecular weight excluding hydrogens is 391 g/mol. The van der Waals surface area contributed by atoms with Crippen molar-refractivity contribution in [3.05, 3.63) is 71.0 Å². The molecule has 0 aliphatic heterocycles. The van der Waals surface area contributed by atoms with Crippen LogP contribution >= 0.6 is 12.4 Å². The maximum atomic E-state index is 13.2. The van der Waals surface area contributed by atoms with Gasteiger partial charge in [0.2, 0.25) is 0 Å². The lowest BCUT2D eigenvalue weighted by molar-refractivity contribution is 0.0753. The first-order chi connectivity index (χ1) is 13.5. The highest BCUT2D eigenvalue weighted by atomic mass is 35.5. The van der Waals surface area contributed by atoms with Crippen LogP contribution in [0.5, 0.6) is 0 Å². The summed E-state index contributed by atoms with van der Waals surface area (Å²) in [4.78, 5) is 26.0. The van der Waals surface area contributed by atoms with Crippen molar-refractivity contribution in [3.63, 3.8) is 0 Å². The van der Waals surface area contributed by atoms with Crippen LogP contribution in [0.3, 0.4) is 0 Å². The first kappa shape index (κ1) is 21.5. The largest absolute Gasteiger partial charge is 0.349 e. The van der Waals surface area contributed by atoms with E-state index in [1.807, 2.05) is 0 Å². The Morgan fingerprint density at radius 2 is 1.52 bits per heavy atom. The second kappa shape index (κ2) is 9.06. The van der Waals surface area contributed by atoms with E-state index in [9.17, 15) is 14.0 Å². The number of halogens is 2. The predicted octanol–water partition coefficient (Wildman–Crippen LogP) is 4.11. The summed E-state index contributed by atoms with van der Waals surface area (Å²) in [6.45, 7) is 0. The van der Waals surface area contributed by atoms with E-state index >= 15 is 0 Å². The molecule has 2 unspecified atom stereocenters. The molecule has 2 atom stereocenters. The Hall–Kier alpha value is -2.24. The molecule has 1 amide bonds. The Morgan fingerprint density at radius 1 is 0.931 bits per heavy atom. The highest BCUT2D eigenvalue weighted by Gasteiger charge is 2.40. The van der Waals surface area contributed by atoms with E-state index in [1.165, 1.54) is 30.7 Å². The maximum absolute atomic E-state index is 13.2. The minimum Gasteiger partial charge on any atom is -0.349 e. The van der Waals surface area contributed by atoms with Crippen LogP contribution in [0, 0.1) is 17.7 Å². The number of fused-ring (bicyclic) bond motifs is 2. The number of nitrogens with one attached hydrogen (secondary N) is 1. The number of amides is 1. The number of nitrogens with two attached hydrogens (primary N) is 1. The number of carbonyl (C=O) groups excluding carboxylic acids is 2. The highest BCUT2D eigenvalue weighted by Crippen LogP contribution is 2.39. The van der Waals surface area contributed by atoms with E-state index in [-0.39, 0.29) is 36.2 Å². The number of benzene rings is 2. The van der Waals surface area contributed by atoms with Crippen molar-refractivity contribution in [1.82, 2.24) is 5.32 Å².